The van der Waals surface area contributed by atoms with E-state index >= 15 is 0 Å². The van der Waals surface area contributed by atoms with E-state index in [1.165, 1.54) is 7.05 Å². The standard InChI is InChI=1S/C12H15ClF3NO2S/c1-4-8(2)17(3)20(18,19)11-7-9(12(14,15)16)5-6-10(11)13/h5-8H,4H2,1-3H3. The average molecular weight is 330 g/mol. The monoisotopic (exact) mass is 329 g/mol. The largest absolute Gasteiger partial charge is 0.416 e. The van der Waals surface area contributed by atoms with Crippen LogP contribution in [0.4, 0.5) is 13.2 Å². The Labute approximate surface area is 121 Å². The summed E-state index contributed by atoms with van der Waals surface area (Å²) >= 11 is 5.75. The number of hydrogen-bond acceptors (Lipinski definition) is 2. The first-order chi connectivity index (χ1) is 9.01. The zero-order valence-corrected chi connectivity index (χ0v) is 12.8. The normalized spacial score (nSPS) is 14.6. The summed E-state index contributed by atoms with van der Waals surface area (Å²) in [5, 5.41) is -0.229. The first-order valence-corrected chi connectivity index (χ1v) is 7.68. The Morgan fingerprint density at radius 1 is 1.35 bits per heavy atom. The van der Waals surface area contributed by atoms with E-state index in [1.54, 1.807) is 13.8 Å². The second kappa shape index (κ2) is 5.91. The summed E-state index contributed by atoms with van der Waals surface area (Å²) in [7, 11) is -2.74. The molecular weight excluding hydrogens is 315 g/mol. The van der Waals surface area contributed by atoms with Gasteiger partial charge in [-0.05, 0) is 31.5 Å². The smallest absolute Gasteiger partial charge is 0.207 e. The van der Waals surface area contributed by atoms with Gasteiger partial charge in [-0.15, -0.1) is 0 Å². The number of sulfonamides is 1. The van der Waals surface area contributed by atoms with Crippen LogP contribution in [0.1, 0.15) is 25.8 Å². The lowest BCUT2D eigenvalue weighted by atomic mass is 10.2. The van der Waals surface area contributed by atoms with Gasteiger partial charge in [0.2, 0.25) is 10.0 Å². The first-order valence-electron chi connectivity index (χ1n) is 5.86. The predicted molar refractivity (Wildman–Crippen MR) is 71.2 cm³/mol. The summed E-state index contributed by atoms with van der Waals surface area (Å²) in [6.45, 7) is 3.45. The van der Waals surface area contributed by atoms with Gasteiger partial charge in [0.05, 0.1) is 10.6 Å². The summed E-state index contributed by atoms with van der Waals surface area (Å²) < 4.78 is 63.6. The van der Waals surface area contributed by atoms with Crippen LogP contribution in [0.5, 0.6) is 0 Å². The van der Waals surface area contributed by atoms with E-state index in [2.05, 4.69) is 0 Å². The maximum absolute atomic E-state index is 12.7. The molecule has 0 aromatic heterocycles. The molecule has 1 aromatic rings. The summed E-state index contributed by atoms with van der Waals surface area (Å²) in [5.74, 6) is 0. The molecule has 0 saturated carbocycles. The van der Waals surface area contributed by atoms with Crippen LogP contribution in [0, 0.1) is 0 Å². The highest BCUT2D eigenvalue weighted by Crippen LogP contribution is 2.34. The number of hydrogen-bond donors (Lipinski definition) is 0. The lowest BCUT2D eigenvalue weighted by Crippen LogP contribution is -2.34. The topological polar surface area (TPSA) is 37.4 Å². The van der Waals surface area contributed by atoms with Crippen LogP contribution >= 0.6 is 11.6 Å². The number of benzene rings is 1. The second-order valence-electron chi connectivity index (χ2n) is 4.42. The van der Waals surface area contributed by atoms with Crippen molar-refractivity contribution in [1.82, 2.24) is 4.31 Å². The molecule has 1 aromatic carbocycles. The van der Waals surface area contributed by atoms with Crippen molar-refractivity contribution in [2.45, 2.75) is 37.4 Å². The molecule has 20 heavy (non-hydrogen) atoms. The number of halogens is 4. The van der Waals surface area contributed by atoms with Crippen LogP contribution in [0.3, 0.4) is 0 Å². The van der Waals surface area contributed by atoms with Crippen LogP contribution in [-0.2, 0) is 16.2 Å². The molecule has 3 nitrogen and oxygen atoms in total. The molecule has 0 amide bonds. The SMILES string of the molecule is CCC(C)N(C)S(=O)(=O)c1cc(C(F)(F)F)ccc1Cl. The minimum absolute atomic E-state index is 0.229. The van der Waals surface area contributed by atoms with Gasteiger partial charge >= 0.3 is 6.18 Å². The molecule has 0 radical (unpaired) electrons. The van der Waals surface area contributed by atoms with E-state index in [9.17, 15) is 21.6 Å². The Kier molecular flexibility index (Phi) is 5.10. The Bertz CT molecular complexity index is 587. The van der Waals surface area contributed by atoms with E-state index < -0.39 is 26.7 Å². The van der Waals surface area contributed by atoms with E-state index in [4.69, 9.17) is 11.6 Å². The molecule has 8 heteroatoms. The highest BCUT2D eigenvalue weighted by atomic mass is 35.5. The number of alkyl halides is 3. The van der Waals surface area contributed by atoms with Crippen LogP contribution < -0.4 is 0 Å². The molecule has 1 atom stereocenters. The molecule has 0 saturated heterocycles. The molecule has 0 aliphatic heterocycles. The van der Waals surface area contributed by atoms with E-state index in [1.807, 2.05) is 0 Å². The van der Waals surface area contributed by atoms with E-state index in [0.29, 0.717) is 12.5 Å². The third-order valence-corrected chi connectivity index (χ3v) is 5.58. The van der Waals surface area contributed by atoms with Gasteiger partial charge in [0.1, 0.15) is 4.90 Å². The lowest BCUT2D eigenvalue weighted by molar-refractivity contribution is -0.137. The van der Waals surface area contributed by atoms with Gasteiger partial charge in [-0.25, -0.2) is 8.42 Å². The zero-order valence-electron chi connectivity index (χ0n) is 11.2. The molecule has 1 rings (SSSR count). The molecular formula is C12H15ClF3NO2S. The number of rotatable bonds is 4. The molecule has 0 fully saturated rings. The molecule has 0 spiro atoms. The highest BCUT2D eigenvalue weighted by Gasteiger charge is 2.34. The Morgan fingerprint density at radius 3 is 2.35 bits per heavy atom. The molecule has 0 bridgehead atoms. The molecule has 0 N–H and O–H groups in total. The maximum Gasteiger partial charge on any atom is 0.416 e. The second-order valence-corrected chi connectivity index (χ2v) is 6.79. The fourth-order valence-corrected chi connectivity index (χ4v) is 3.46. The van der Waals surface area contributed by atoms with Crippen LogP contribution in [0.15, 0.2) is 23.1 Å². The quantitative estimate of drug-likeness (QED) is 0.843. The maximum atomic E-state index is 12.7. The molecule has 0 heterocycles. The molecule has 0 aliphatic rings. The van der Waals surface area contributed by atoms with E-state index in [0.717, 1.165) is 16.4 Å². The van der Waals surface area contributed by atoms with Crippen molar-refractivity contribution >= 4 is 21.6 Å². The van der Waals surface area contributed by atoms with Crippen molar-refractivity contribution < 1.29 is 21.6 Å². The van der Waals surface area contributed by atoms with Crippen molar-refractivity contribution in [2.24, 2.45) is 0 Å². The van der Waals surface area contributed by atoms with Crippen molar-refractivity contribution in [3.63, 3.8) is 0 Å². The van der Waals surface area contributed by atoms with Crippen LogP contribution in [0.25, 0.3) is 0 Å². The third-order valence-electron chi connectivity index (χ3n) is 3.13. The summed E-state index contributed by atoms with van der Waals surface area (Å²) in [6.07, 6.45) is -4.09. The Hall–Kier alpha value is -0.790. The van der Waals surface area contributed by atoms with Crippen LogP contribution in [-0.4, -0.2) is 25.8 Å². The zero-order chi connectivity index (χ0) is 15.7. The van der Waals surface area contributed by atoms with Gasteiger partial charge in [-0.1, -0.05) is 18.5 Å². The minimum Gasteiger partial charge on any atom is -0.207 e. The fraction of sp³-hybridized carbons (Fsp3) is 0.500. The first kappa shape index (κ1) is 17.3. The average Bonchev–Trinajstić information content (AvgIpc) is 2.35. The van der Waals surface area contributed by atoms with Gasteiger partial charge in [-0.3, -0.25) is 0 Å². The third kappa shape index (κ3) is 3.45. The lowest BCUT2D eigenvalue weighted by Gasteiger charge is -2.24. The van der Waals surface area contributed by atoms with Gasteiger partial charge in [0.15, 0.2) is 0 Å². The highest BCUT2D eigenvalue weighted by molar-refractivity contribution is 7.89. The van der Waals surface area contributed by atoms with Gasteiger partial charge < -0.3 is 0 Å². The van der Waals surface area contributed by atoms with Crippen molar-refractivity contribution in [1.29, 1.82) is 0 Å². The molecule has 114 valence electrons. The van der Waals surface area contributed by atoms with Crippen LogP contribution in [0.2, 0.25) is 5.02 Å². The van der Waals surface area contributed by atoms with E-state index in [-0.39, 0.29) is 11.1 Å². The predicted octanol–water partition coefficient (Wildman–Crippen LogP) is 3.78. The van der Waals surface area contributed by atoms with Gasteiger partial charge in [-0.2, -0.15) is 17.5 Å². The fourth-order valence-electron chi connectivity index (χ4n) is 1.53. The summed E-state index contributed by atoms with van der Waals surface area (Å²) in [6, 6.07) is 1.92. The van der Waals surface area contributed by atoms with Gasteiger partial charge in [0, 0.05) is 13.1 Å². The van der Waals surface area contributed by atoms with Crippen molar-refractivity contribution in [3.05, 3.63) is 28.8 Å². The Balaban J connectivity index is 3.39. The molecule has 1 unspecified atom stereocenters. The number of nitrogens with zero attached hydrogens (tertiary/aromatic N) is 1. The van der Waals surface area contributed by atoms with Gasteiger partial charge in [0.25, 0.3) is 0 Å². The Morgan fingerprint density at radius 2 is 1.90 bits per heavy atom. The summed E-state index contributed by atoms with van der Waals surface area (Å²) in [5.41, 5.74) is -1.04. The minimum atomic E-state index is -4.62. The summed E-state index contributed by atoms with van der Waals surface area (Å²) in [4.78, 5) is -0.531. The van der Waals surface area contributed by atoms with Crippen molar-refractivity contribution in [3.8, 4) is 0 Å². The molecule has 0 aliphatic carbocycles. The van der Waals surface area contributed by atoms with Crippen molar-refractivity contribution in [2.75, 3.05) is 7.05 Å².